The maximum absolute atomic E-state index is 12.6. The summed E-state index contributed by atoms with van der Waals surface area (Å²) in [6, 6.07) is 10.2. The van der Waals surface area contributed by atoms with Crippen molar-refractivity contribution in [3.05, 3.63) is 40.3 Å². The highest BCUT2D eigenvalue weighted by molar-refractivity contribution is 7.09. The number of benzene rings is 1. The van der Waals surface area contributed by atoms with Crippen molar-refractivity contribution >= 4 is 22.8 Å². The van der Waals surface area contributed by atoms with E-state index in [0.717, 1.165) is 43.3 Å². The van der Waals surface area contributed by atoms with E-state index >= 15 is 0 Å². The first kappa shape index (κ1) is 19.3. The van der Waals surface area contributed by atoms with Gasteiger partial charge in [-0.05, 0) is 26.0 Å². The number of thiazole rings is 1. The largest absolute Gasteiger partial charge is 0.492 e. The van der Waals surface area contributed by atoms with E-state index in [1.54, 1.807) is 0 Å². The van der Waals surface area contributed by atoms with Crippen LogP contribution in [0.15, 0.2) is 29.6 Å². The fraction of sp³-hybridized carbons (Fsp3) is 0.450. The van der Waals surface area contributed by atoms with Crippen molar-refractivity contribution in [1.29, 1.82) is 5.26 Å². The van der Waals surface area contributed by atoms with Crippen LogP contribution < -0.4 is 14.5 Å². The highest BCUT2D eigenvalue weighted by Crippen LogP contribution is 2.27. The smallest absolute Gasteiger partial charge is 0.210 e. The number of para-hydroxylation sites is 2. The number of nitrogens with zero attached hydrogens (tertiary/aromatic N) is 3. The Labute approximate surface area is 164 Å². The molecule has 1 aromatic carbocycles. The van der Waals surface area contributed by atoms with Crippen LogP contribution in [0.3, 0.4) is 0 Å². The number of carbonyl (C=O) groups excluding carboxylic acids is 1. The molecule has 1 N–H and O–H groups in total. The summed E-state index contributed by atoms with van der Waals surface area (Å²) in [6.45, 7) is 8.33. The molecular weight excluding hydrogens is 360 g/mol. The van der Waals surface area contributed by atoms with Gasteiger partial charge in [-0.15, -0.1) is 11.3 Å². The van der Waals surface area contributed by atoms with Gasteiger partial charge in [0.1, 0.15) is 17.3 Å². The fourth-order valence-electron chi connectivity index (χ4n) is 3.35. The van der Waals surface area contributed by atoms with Gasteiger partial charge in [0.2, 0.25) is 5.78 Å². The van der Waals surface area contributed by atoms with Crippen molar-refractivity contribution in [3.8, 4) is 11.8 Å². The summed E-state index contributed by atoms with van der Waals surface area (Å²) in [6.07, 6.45) is 0. The van der Waals surface area contributed by atoms with Gasteiger partial charge >= 0.3 is 0 Å². The zero-order valence-corrected chi connectivity index (χ0v) is 16.6. The van der Waals surface area contributed by atoms with Gasteiger partial charge in [0, 0.05) is 11.1 Å². The molecule has 0 spiro atoms. The van der Waals surface area contributed by atoms with Crippen molar-refractivity contribution in [3.63, 3.8) is 0 Å². The quantitative estimate of drug-likeness (QED) is 0.781. The number of hydrogen-bond acceptors (Lipinski definition) is 6. The number of ketones is 1. The Morgan fingerprint density at radius 3 is 2.78 bits per heavy atom. The van der Waals surface area contributed by atoms with Gasteiger partial charge in [0.15, 0.2) is 5.92 Å². The van der Waals surface area contributed by atoms with Crippen molar-refractivity contribution in [2.75, 3.05) is 44.2 Å². The third kappa shape index (κ3) is 4.65. The van der Waals surface area contributed by atoms with Crippen molar-refractivity contribution in [2.45, 2.75) is 19.8 Å². The molecule has 0 aliphatic carbocycles. The standard InChI is InChI=1S/C20H24N4O2S/c1-3-26-19-7-5-4-6-17(19)24-10-8-23(9-11-24)13-18(25)16(12-21)20-22-15(2)14-27-20/h4-7,14,16H,3,8-11,13H2,1-2H3/p+1/t16-/m1/s1. The molecule has 0 bridgehead atoms. The van der Waals surface area contributed by atoms with Gasteiger partial charge in [-0.2, -0.15) is 5.26 Å². The summed E-state index contributed by atoms with van der Waals surface area (Å²) < 4.78 is 5.73. The van der Waals surface area contributed by atoms with Crippen LogP contribution in [-0.4, -0.2) is 50.1 Å². The van der Waals surface area contributed by atoms with Crippen molar-refractivity contribution < 1.29 is 14.4 Å². The minimum absolute atomic E-state index is 0.0370. The lowest BCUT2D eigenvalue weighted by atomic mass is 10.1. The van der Waals surface area contributed by atoms with E-state index in [2.05, 4.69) is 22.0 Å². The molecule has 2 heterocycles. The Morgan fingerprint density at radius 2 is 2.15 bits per heavy atom. The molecule has 1 fully saturated rings. The second-order valence-electron chi connectivity index (χ2n) is 6.67. The van der Waals surface area contributed by atoms with Gasteiger partial charge < -0.3 is 14.5 Å². The van der Waals surface area contributed by atoms with E-state index in [0.29, 0.717) is 18.2 Å². The second-order valence-corrected chi connectivity index (χ2v) is 7.56. The average Bonchev–Trinajstić information content (AvgIpc) is 3.10. The van der Waals surface area contributed by atoms with Crippen LogP contribution >= 0.6 is 11.3 Å². The number of Topliss-reactive ketones (excluding diaryl/α,β-unsaturated/α-hetero) is 1. The molecule has 3 rings (SSSR count). The van der Waals surface area contributed by atoms with Crippen molar-refractivity contribution in [1.82, 2.24) is 4.98 Å². The summed E-state index contributed by atoms with van der Waals surface area (Å²) in [5.41, 5.74) is 1.97. The van der Waals surface area contributed by atoms with Crippen LogP contribution in [0, 0.1) is 18.3 Å². The molecule has 0 amide bonds. The van der Waals surface area contributed by atoms with E-state index in [9.17, 15) is 10.1 Å². The minimum atomic E-state index is -0.743. The lowest BCUT2D eigenvalue weighted by molar-refractivity contribution is -0.892. The van der Waals surface area contributed by atoms with Gasteiger partial charge in [0.25, 0.3) is 0 Å². The van der Waals surface area contributed by atoms with Gasteiger partial charge in [0.05, 0.1) is 44.5 Å². The summed E-state index contributed by atoms with van der Waals surface area (Å²) in [4.78, 5) is 20.5. The molecule has 1 aromatic heterocycles. The van der Waals surface area contributed by atoms with E-state index in [-0.39, 0.29) is 5.78 Å². The monoisotopic (exact) mass is 385 g/mol. The molecule has 1 saturated heterocycles. The molecule has 27 heavy (non-hydrogen) atoms. The normalized spacial score (nSPS) is 16.0. The number of anilines is 1. The summed E-state index contributed by atoms with van der Waals surface area (Å²) >= 11 is 1.39. The molecule has 1 aliphatic rings. The first-order valence-electron chi connectivity index (χ1n) is 9.27. The molecular formula is C20H25N4O2S+. The molecule has 1 atom stereocenters. The average molecular weight is 386 g/mol. The number of hydrogen-bond donors (Lipinski definition) is 1. The number of ether oxygens (including phenoxy) is 1. The first-order valence-corrected chi connectivity index (χ1v) is 10.1. The third-order valence-corrected chi connectivity index (χ3v) is 5.76. The first-order chi connectivity index (χ1) is 13.1. The van der Waals surface area contributed by atoms with Crippen LogP contribution in [0.1, 0.15) is 23.5 Å². The Morgan fingerprint density at radius 1 is 1.41 bits per heavy atom. The molecule has 7 heteroatoms. The van der Waals surface area contributed by atoms with E-state index in [1.807, 2.05) is 37.4 Å². The highest BCUT2D eigenvalue weighted by Gasteiger charge is 2.29. The topological polar surface area (TPSA) is 70.7 Å². The predicted molar refractivity (Wildman–Crippen MR) is 106 cm³/mol. The Bertz CT molecular complexity index is 821. The van der Waals surface area contributed by atoms with Crippen molar-refractivity contribution in [2.24, 2.45) is 0 Å². The molecule has 1 aliphatic heterocycles. The zero-order valence-electron chi connectivity index (χ0n) is 15.8. The number of aromatic nitrogens is 1. The van der Waals surface area contributed by atoms with E-state index in [1.165, 1.54) is 16.2 Å². The number of rotatable bonds is 7. The lowest BCUT2D eigenvalue weighted by Crippen LogP contribution is -3.15. The SMILES string of the molecule is CCOc1ccccc1N1CC[NH+](CC(=O)[C@@H](C#N)c2nc(C)cs2)CC1. The van der Waals surface area contributed by atoms with Crippen LogP contribution in [0.5, 0.6) is 5.75 Å². The van der Waals surface area contributed by atoms with Gasteiger partial charge in [-0.25, -0.2) is 4.98 Å². The maximum Gasteiger partial charge on any atom is 0.210 e. The summed E-state index contributed by atoms with van der Waals surface area (Å²) in [5.74, 6) is 0.126. The number of nitrogens with one attached hydrogen (secondary N) is 1. The van der Waals surface area contributed by atoms with Crippen LogP contribution in [-0.2, 0) is 4.79 Å². The number of aryl methyl sites for hydroxylation is 1. The van der Waals surface area contributed by atoms with Crippen LogP contribution in [0.2, 0.25) is 0 Å². The number of piperazine rings is 1. The molecule has 2 aromatic rings. The Balaban J connectivity index is 1.58. The molecule has 142 valence electrons. The predicted octanol–water partition coefficient (Wildman–Crippen LogP) is 1.43. The van der Waals surface area contributed by atoms with Gasteiger partial charge in [-0.1, -0.05) is 12.1 Å². The minimum Gasteiger partial charge on any atom is -0.492 e. The third-order valence-electron chi connectivity index (χ3n) is 4.74. The summed E-state index contributed by atoms with van der Waals surface area (Å²) in [5, 5.41) is 11.9. The lowest BCUT2D eigenvalue weighted by Gasteiger charge is -2.34. The number of nitriles is 1. The molecule has 6 nitrogen and oxygen atoms in total. The Hall–Kier alpha value is -2.43. The van der Waals surface area contributed by atoms with Crippen LogP contribution in [0.4, 0.5) is 5.69 Å². The number of carbonyl (C=O) groups is 1. The zero-order chi connectivity index (χ0) is 19.2. The Kier molecular flexibility index (Phi) is 6.43. The second kappa shape index (κ2) is 8.98. The maximum atomic E-state index is 12.6. The molecule has 0 saturated carbocycles. The van der Waals surface area contributed by atoms with Crippen LogP contribution in [0.25, 0.3) is 0 Å². The van der Waals surface area contributed by atoms with Gasteiger partial charge in [-0.3, -0.25) is 4.79 Å². The number of quaternary nitrogens is 1. The van der Waals surface area contributed by atoms with E-state index in [4.69, 9.17) is 4.74 Å². The molecule has 0 unspecified atom stereocenters. The fourth-order valence-corrected chi connectivity index (χ4v) is 4.22. The van der Waals surface area contributed by atoms with E-state index < -0.39 is 5.92 Å². The highest BCUT2D eigenvalue weighted by atomic mass is 32.1. The summed E-state index contributed by atoms with van der Waals surface area (Å²) in [7, 11) is 0. The molecule has 0 radical (unpaired) electrons.